The first kappa shape index (κ1) is 17.3. The smallest absolute Gasteiger partial charge is 0.356 e. The van der Waals surface area contributed by atoms with Crippen molar-refractivity contribution < 1.29 is 14.6 Å². The largest absolute Gasteiger partial charge is 0.496 e. The maximum Gasteiger partial charge on any atom is 0.356 e. The standard InChI is InChI=1S/C17H20N2O3.ClH/c1-10-6-13(7-11(2)16(10)22-3)12-4-5-15-18-14(17(20)21)9-19(15)8-12;/h6-7,9,12H,4-5,8H2,1-3H3,(H,20,21);1H. The van der Waals surface area contributed by atoms with Crippen LogP contribution in [0, 0.1) is 13.8 Å². The molecule has 0 aliphatic carbocycles. The molecule has 0 fully saturated rings. The zero-order valence-electron chi connectivity index (χ0n) is 13.5. The number of aromatic nitrogens is 2. The van der Waals surface area contributed by atoms with Crippen molar-refractivity contribution in [2.45, 2.75) is 39.2 Å². The van der Waals surface area contributed by atoms with E-state index in [0.29, 0.717) is 5.92 Å². The van der Waals surface area contributed by atoms with E-state index in [1.54, 1.807) is 13.3 Å². The molecule has 6 heteroatoms. The van der Waals surface area contributed by atoms with E-state index >= 15 is 0 Å². The molecule has 1 aliphatic heterocycles. The minimum atomic E-state index is -0.963. The lowest BCUT2D eigenvalue weighted by atomic mass is 9.89. The number of carbonyl (C=O) groups is 1. The van der Waals surface area contributed by atoms with E-state index in [4.69, 9.17) is 9.84 Å². The van der Waals surface area contributed by atoms with E-state index in [-0.39, 0.29) is 18.1 Å². The number of imidazole rings is 1. The Kier molecular flexibility index (Phi) is 5.00. The van der Waals surface area contributed by atoms with E-state index in [2.05, 4.69) is 31.0 Å². The first-order chi connectivity index (χ1) is 10.5. The van der Waals surface area contributed by atoms with Gasteiger partial charge in [-0.15, -0.1) is 12.4 Å². The van der Waals surface area contributed by atoms with E-state index in [1.807, 2.05) is 4.57 Å². The zero-order chi connectivity index (χ0) is 15.9. The Labute approximate surface area is 141 Å². The van der Waals surface area contributed by atoms with Crippen LogP contribution in [0.5, 0.6) is 5.75 Å². The summed E-state index contributed by atoms with van der Waals surface area (Å²) >= 11 is 0. The zero-order valence-corrected chi connectivity index (χ0v) is 14.3. The van der Waals surface area contributed by atoms with Crippen LogP contribution in [0.4, 0.5) is 0 Å². The molecule has 3 rings (SSSR count). The monoisotopic (exact) mass is 336 g/mol. The molecule has 0 saturated carbocycles. The number of aromatic carboxylic acids is 1. The molecule has 23 heavy (non-hydrogen) atoms. The molecule has 0 amide bonds. The summed E-state index contributed by atoms with van der Waals surface area (Å²) in [5.41, 5.74) is 3.70. The van der Waals surface area contributed by atoms with Crippen molar-refractivity contribution in [3.05, 3.63) is 46.5 Å². The van der Waals surface area contributed by atoms with E-state index < -0.39 is 5.97 Å². The van der Waals surface area contributed by atoms with Crippen LogP contribution in [0.3, 0.4) is 0 Å². The average Bonchev–Trinajstić information content (AvgIpc) is 2.90. The molecule has 0 spiro atoms. The fourth-order valence-electron chi connectivity index (χ4n) is 3.36. The average molecular weight is 337 g/mol. The molecule has 1 unspecified atom stereocenters. The highest BCUT2D eigenvalue weighted by atomic mass is 35.5. The van der Waals surface area contributed by atoms with Crippen molar-refractivity contribution in [3.63, 3.8) is 0 Å². The van der Waals surface area contributed by atoms with Gasteiger partial charge >= 0.3 is 5.97 Å². The summed E-state index contributed by atoms with van der Waals surface area (Å²) < 4.78 is 7.40. The molecule has 124 valence electrons. The number of fused-ring (bicyclic) bond motifs is 1. The Hall–Kier alpha value is -2.01. The molecule has 0 radical (unpaired) electrons. The van der Waals surface area contributed by atoms with Crippen molar-refractivity contribution in [2.75, 3.05) is 7.11 Å². The number of hydrogen-bond acceptors (Lipinski definition) is 3. The van der Waals surface area contributed by atoms with Gasteiger partial charge in [-0.1, -0.05) is 12.1 Å². The van der Waals surface area contributed by atoms with Gasteiger partial charge in [0.05, 0.1) is 7.11 Å². The fourth-order valence-corrected chi connectivity index (χ4v) is 3.36. The van der Waals surface area contributed by atoms with Gasteiger partial charge in [0, 0.05) is 25.1 Å². The van der Waals surface area contributed by atoms with Gasteiger partial charge in [0.2, 0.25) is 0 Å². The summed E-state index contributed by atoms with van der Waals surface area (Å²) in [4.78, 5) is 15.2. The maximum absolute atomic E-state index is 11.0. The predicted octanol–water partition coefficient (Wildman–Crippen LogP) is 3.36. The van der Waals surface area contributed by atoms with Crippen LogP contribution in [0.1, 0.15) is 45.3 Å². The van der Waals surface area contributed by atoms with Crippen molar-refractivity contribution >= 4 is 18.4 Å². The molecule has 1 N–H and O–H groups in total. The first-order valence-electron chi connectivity index (χ1n) is 7.44. The van der Waals surface area contributed by atoms with E-state index in [0.717, 1.165) is 42.1 Å². The highest BCUT2D eigenvalue weighted by molar-refractivity contribution is 5.85. The van der Waals surface area contributed by atoms with Gasteiger partial charge in [-0.25, -0.2) is 9.78 Å². The molecule has 1 aromatic carbocycles. The lowest BCUT2D eigenvalue weighted by Crippen LogP contribution is -2.18. The van der Waals surface area contributed by atoms with Gasteiger partial charge in [0.1, 0.15) is 11.6 Å². The number of methoxy groups -OCH3 is 1. The van der Waals surface area contributed by atoms with Gasteiger partial charge in [-0.2, -0.15) is 0 Å². The quantitative estimate of drug-likeness (QED) is 0.933. The second-order valence-electron chi connectivity index (χ2n) is 5.92. The van der Waals surface area contributed by atoms with Gasteiger partial charge in [-0.3, -0.25) is 0 Å². The number of hydrogen-bond donors (Lipinski definition) is 1. The number of nitrogens with zero attached hydrogens (tertiary/aromatic N) is 2. The lowest BCUT2D eigenvalue weighted by molar-refractivity contribution is 0.0691. The Morgan fingerprint density at radius 1 is 1.35 bits per heavy atom. The molecule has 5 nitrogen and oxygen atoms in total. The number of carboxylic acid groups (broad SMARTS) is 1. The summed E-state index contributed by atoms with van der Waals surface area (Å²) in [6.07, 6.45) is 3.44. The van der Waals surface area contributed by atoms with Gasteiger partial charge < -0.3 is 14.4 Å². The number of carboxylic acids is 1. The molecule has 0 saturated heterocycles. The second-order valence-corrected chi connectivity index (χ2v) is 5.92. The highest BCUT2D eigenvalue weighted by Gasteiger charge is 2.24. The molecule has 1 aromatic heterocycles. The van der Waals surface area contributed by atoms with Gasteiger partial charge in [0.25, 0.3) is 0 Å². The summed E-state index contributed by atoms with van der Waals surface area (Å²) in [7, 11) is 1.70. The third kappa shape index (κ3) is 3.20. The number of halogens is 1. The predicted molar refractivity (Wildman–Crippen MR) is 90.0 cm³/mol. The summed E-state index contributed by atoms with van der Waals surface area (Å²) in [6, 6.07) is 4.35. The van der Waals surface area contributed by atoms with Crippen LogP contribution >= 0.6 is 12.4 Å². The lowest BCUT2D eigenvalue weighted by Gasteiger charge is -2.25. The summed E-state index contributed by atoms with van der Waals surface area (Å²) in [5.74, 6) is 1.23. The number of aryl methyl sites for hydroxylation is 3. The minimum absolute atomic E-state index is 0. The van der Waals surface area contributed by atoms with E-state index in [9.17, 15) is 4.79 Å². The Morgan fingerprint density at radius 3 is 2.57 bits per heavy atom. The number of ether oxygens (including phenoxy) is 1. The molecular formula is C17H21ClN2O3. The molecule has 1 aliphatic rings. The van der Waals surface area contributed by atoms with Crippen LogP contribution in [-0.4, -0.2) is 27.7 Å². The van der Waals surface area contributed by atoms with E-state index in [1.165, 1.54) is 5.56 Å². The van der Waals surface area contributed by atoms with Gasteiger partial charge in [0.15, 0.2) is 5.69 Å². The van der Waals surface area contributed by atoms with Crippen molar-refractivity contribution in [2.24, 2.45) is 0 Å². The number of rotatable bonds is 3. The van der Waals surface area contributed by atoms with Crippen LogP contribution in [0.15, 0.2) is 18.3 Å². The van der Waals surface area contributed by atoms with Crippen molar-refractivity contribution in [3.8, 4) is 5.75 Å². The summed E-state index contributed by atoms with van der Waals surface area (Å²) in [6.45, 7) is 4.90. The van der Waals surface area contributed by atoms with Crippen LogP contribution in [-0.2, 0) is 13.0 Å². The van der Waals surface area contributed by atoms with Crippen molar-refractivity contribution in [1.29, 1.82) is 0 Å². The third-order valence-electron chi connectivity index (χ3n) is 4.37. The normalized spacial score (nSPS) is 16.4. The first-order valence-corrected chi connectivity index (χ1v) is 7.44. The highest BCUT2D eigenvalue weighted by Crippen LogP contribution is 2.33. The molecule has 2 aromatic rings. The van der Waals surface area contributed by atoms with Crippen LogP contribution < -0.4 is 4.74 Å². The molecular weight excluding hydrogens is 316 g/mol. The van der Waals surface area contributed by atoms with Crippen molar-refractivity contribution in [1.82, 2.24) is 9.55 Å². The maximum atomic E-state index is 11.0. The second kappa shape index (κ2) is 6.62. The molecule has 2 heterocycles. The van der Waals surface area contributed by atoms with Crippen LogP contribution in [0.2, 0.25) is 0 Å². The summed E-state index contributed by atoms with van der Waals surface area (Å²) in [5, 5.41) is 9.06. The van der Waals surface area contributed by atoms with Gasteiger partial charge in [-0.05, 0) is 37.0 Å². The third-order valence-corrected chi connectivity index (χ3v) is 4.37. The number of benzene rings is 1. The molecule has 1 atom stereocenters. The minimum Gasteiger partial charge on any atom is -0.496 e. The Balaban J connectivity index is 0.00000192. The fraction of sp³-hybridized carbons (Fsp3) is 0.412. The topological polar surface area (TPSA) is 64.3 Å². The Morgan fingerprint density at radius 2 is 2.00 bits per heavy atom. The van der Waals surface area contributed by atoms with Crippen LogP contribution in [0.25, 0.3) is 0 Å². The molecule has 0 bridgehead atoms. The SMILES string of the molecule is COc1c(C)cc(C2CCc3nc(C(=O)O)cn3C2)cc1C.Cl. The Bertz CT molecular complexity index is 716.